The number of hydrogen-bond acceptors (Lipinski definition) is 2. The summed E-state index contributed by atoms with van der Waals surface area (Å²) in [5.74, 6) is -0.215. The van der Waals surface area contributed by atoms with Crippen molar-refractivity contribution in [3.63, 3.8) is 0 Å². The molecule has 0 heterocycles. The Bertz CT molecular complexity index is 677. The lowest BCUT2D eigenvalue weighted by atomic mass is 10.1. The summed E-state index contributed by atoms with van der Waals surface area (Å²) < 4.78 is 0.972. The molecule has 21 heavy (non-hydrogen) atoms. The van der Waals surface area contributed by atoms with E-state index in [1.807, 2.05) is 24.3 Å². The first-order valence-corrected chi connectivity index (χ1v) is 7.75. The van der Waals surface area contributed by atoms with Gasteiger partial charge in [0, 0.05) is 28.8 Å². The lowest BCUT2D eigenvalue weighted by Gasteiger charge is -2.11. The van der Waals surface area contributed by atoms with Crippen LogP contribution in [0.2, 0.25) is 10.0 Å². The molecule has 0 aliphatic carbocycles. The van der Waals surface area contributed by atoms with E-state index in [2.05, 4.69) is 26.6 Å². The zero-order valence-corrected chi connectivity index (χ0v) is 14.3. The van der Waals surface area contributed by atoms with Gasteiger partial charge in [-0.05, 0) is 42.0 Å². The summed E-state index contributed by atoms with van der Waals surface area (Å²) in [4.78, 5) is 11.7. The number of halogens is 3. The summed E-state index contributed by atoms with van der Waals surface area (Å²) in [7, 11) is 1.57. The molecule has 3 nitrogen and oxygen atoms in total. The third-order valence-electron chi connectivity index (χ3n) is 2.93. The highest BCUT2D eigenvalue weighted by molar-refractivity contribution is 9.10. The summed E-state index contributed by atoms with van der Waals surface area (Å²) in [6.45, 7) is 0.579. The predicted molar refractivity (Wildman–Crippen MR) is 91.3 cm³/mol. The Hall–Kier alpha value is -1.23. The van der Waals surface area contributed by atoms with Crippen molar-refractivity contribution in [1.29, 1.82) is 0 Å². The van der Waals surface area contributed by atoms with Crippen LogP contribution < -0.4 is 10.6 Å². The third kappa shape index (κ3) is 4.13. The summed E-state index contributed by atoms with van der Waals surface area (Å²) in [6.07, 6.45) is 0. The fraction of sp³-hybridized carbons (Fsp3) is 0.133. The quantitative estimate of drug-likeness (QED) is 0.796. The minimum Gasteiger partial charge on any atom is -0.381 e. The zero-order chi connectivity index (χ0) is 15.4. The number of anilines is 1. The number of hydrogen-bond donors (Lipinski definition) is 2. The van der Waals surface area contributed by atoms with E-state index in [-0.39, 0.29) is 5.91 Å². The standard InChI is InChI=1S/C15H13BrCl2N2O/c1-19-15(21)12-7-11(3-5-14(12)18)20-8-9-6-10(17)2-4-13(9)16/h2-7,20H,8H2,1H3,(H,19,21). The molecule has 0 saturated heterocycles. The minimum absolute atomic E-state index is 0.215. The van der Waals surface area contributed by atoms with E-state index in [1.165, 1.54) is 0 Å². The first kappa shape index (κ1) is 16.1. The van der Waals surface area contributed by atoms with Crippen molar-refractivity contribution in [2.45, 2.75) is 6.54 Å². The number of rotatable bonds is 4. The van der Waals surface area contributed by atoms with Gasteiger partial charge in [0.2, 0.25) is 0 Å². The second-order valence-electron chi connectivity index (χ2n) is 4.36. The molecule has 0 unspecified atom stereocenters. The lowest BCUT2D eigenvalue weighted by molar-refractivity contribution is 0.0963. The van der Waals surface area contributed by atoms with Crippen LogP contribution in [0.4, 0.5) is 5.69 Å². The first-order chi connectivity index (χ1) is 10.0. The molecule has 0 atom stereocenters. The van der Waals surface area contributed by atoms with Gasteiger partial charge in [0.15, 0.2) is 0 Å². The molecule has 0 aliphatic heterocycles. The molecule has 0 radical (unpaired) electrons. The number of nitrogens with one attached hydrogen (secondary N) is 2. The van der Waals surface area contributed by atoms with Crippen LogP contribution in [-0.2, 0) is 6.54 Å². The highest BCUT2D eigenvalue weighted by atomic mass is 79.9. The van der Waals surface area contributed by atoms with Crippen LogP contribution in [0.1, 0.15) is 15.9 Å². The normalized spacial score (nSPS) is 10.3. The lowest BCUT2D eigenvalue weighted by Crippen LogP contribution is -2.18. The smallest absolute Gasteiger partial charge is 0.252 e. The van der Waals surface area contributed by atoms with Crippen molar-refractivity contribution < 1.29 is 4.79 Å². The van der Waals surface area contributed by atoms with Crippen molar-refractivity contribution in [2.75, 3.05) is 12.4 Å². The van der Waals surface area contributed by atoms with E-state index in [0.29, 0.717) is 22.2 Å². The molecule has 0 fully saturated rings. The number of carbonyl (C=O) groups excluding carboxylic acids is 1. The Labute approximate surface area is 141 Å². The maximum atomic E-state index is 11.7. The van der Waals surface area contributed by atoms with Crippen LogP contribution in [0.25, 0.3) is 0 Å². The maximum Gasteiger partial charge on any atom is 0.252 e. The molecule has 0 bridgehead atoms. The van der Waals surface area contributed by atoms with Gasteiger partial charge >= 0.3 is 0 Å². The average molecular weight is 388 g/mol. The molecule has 0 aliphatic rings. The SMILES string of the molecule is CNC(=O)c1cc(NCc2cc(Cl)ccc2Br)ccc1Cl. The fourth-order valence-electron chi connectivity index (χ4n) is 1.82. The van der Waals surface area contributed by atoms with Crippen molar-refractivity contribution in [3.8, 4) is 0 Å². The van der Waals surface area contributed by atoms with Gasteiger partial charge in [-0.15, -0.1) is 0 Å². The van der Waals surface area contributed by atoms with E-state index in [4.69, 9.17) is 23.2 Å². The molecule has 2 aromatic carbocycles. The number of amides is 1. The van der Waals surface area contributed by atoms with E-state index in [1.54, 1.807) is 19.2 Å². The van der Waals surface area contributed by atoms with Crippen LogP contribution in [0.5, 0.6) is 0 Å². The van der Waals surface area contributed by atoms with Crippen molar-refractivity contribution in [1.82, 2.24) is 5.32 Å². The van der Waals surface area contributed by atoms with Crippen LogP contribution in [0.3, 0.4) is 0 Å². The van der Waals surface area contributed by atoms with Crippen molar-refractivity contribution in [2.24, 2.45) is 0 Å². The summed E-state index contributed by atoms with van der Waals surface area (Å²) >= 11 is 15.5. The highest BCUT2D eigenvalue weighted by Gasteiger charge is 2.09. The second-order valence-corrected chi connectivity index (χ2v) is 6.06. The van der Waals surface area contributed by atoms with Crippen LogP contribution in [0.15, 0.2) is 40.9 Å². The Balaban J connectivity index is 2.17. The van der Waals surface area contributed by atoms with Crippen molar-refractivity contribution >= 4 is 50.7 Å². The molecule has 6 heteroatoms. The molecule has 2 aromatic rings. The minimum atomic E-state index is -0.215. The molecule has 2 N–H and O–H groups in total. The van der Waals surface area contributed by atoms with E-state index < -0.39 is 0 Å². The Morgan fingerprint density at radius 1 is 1.19 bits per heavy atom. The molecule has 2 rings (SSSR count). The predicted octanol–water partition coefficient (Wildman–Crippen LogP) is 4.73. The van der Waals surface area contributed by atoms with Gasteiger partial charge in [0.05, 0.1) is 10.6 Å². The monoisotopic (exact) mass is 386 g/mol. The molecule has 110 valence electrons. The molecular weight excluding hydrogens is 375 g/mol. The Morgan fingerprint density at radius 2 is 1.95 bits per heavy atom. The average Bonchev–Trinajstić information content (AvgIpc) is 2.48. The van der Waals surface area contributed by atoms with Crippen LogP contribution in [0, 0.1) is 0 Å². The van der Waals surface area contributed by atoms with Crippen molar-refractivity contribution in [3.05, 3.63) is 62.0 Å². The van der Waals surface area contributed by atoms with E-state index in [9.17, 15) is 4.79 Å². The molecule has 0 spiro atoms. The Kier molecular flexibility index (Phi) is 5.51. The first-order valence-electron chi connectivity index (χ1n) is 6.20. The van der Waals surface area contributed by atoms with Crippen LogP contribution in [-0.4, -0.2) is 13.0 Å². The molecule has 1 amide bonds. The summed E-state index contributed by atoms with van der Waals surface area (Å²) in [6, 6.07) is 10.8. The number of benzene rings is 2. The largest absolute Gasteiger partial charge is 0.381 e. The van der Waals surface area contributed by atoms with E-state index in [0.717, 1.165) is 15.7 Å². The summed E-state index contributed by atoms with van der Waals surface area (Å²) in [5, 5.41) is 6.91. The molecular formula is C15H13BrCl2N2O. The van der Waals surface area contributed by atoms with Crippen LogP contribution >= 0.6 is 39.1 Å². The molecule has 0 saturated carbocycles. The van der Waals surface area contributed by atoms with Gasteiger partial charge in [0.1, 0.15) is 0 Å². The van der Waals surface area contributed by atoms with Gasteiger partial charge in [0.25, 0.3) is 5.91 Å². The highest BCUT2D eigenvalue weighted by Crippen LogP contribution is 2.24. The fourth-order valence-corrected chi connectivity index (χ4v) is 2.60. The van der Waals surface area contributed by atoms with Gasteiger partial charge in [-0.1, -0.05) is 39.1 Å². The summed E-state index contributed by atoms with van der Waals surface area (Å²) in [5.41, 5.74) is 2.28. The van der Waals surface area contributed by atoms with Gasteiger partial charge in [-0.3, -0.25) is 4.79 Å². The van der Waals surface area contributed by atoms with Gasteiger partial charge in [-0.2, -0.15) is 0 Å². The number of carbonyl (C=O) groups is 1. The van der Waals surface area contributed by atoms with Gasteiger partial charge < -0.3 is 10.6 Å². The van der Waals surface area contributed by atoms with E-state index >= 15 is 0 Å². The topological polar surface area (TPSA) is 41.1 Å². The second kappa shape index (κ2) is 7.16. The maximum absolute atomic E-state index is 11.7. The van der Waals surface area contributed by atoms with Gasteiger partial charge in [-0.25, -0.2) is 0 Å². The third-order valence-corrected chi connectivity index (χ3v) is 4.27. The zero-order valence-electron chi connectivity index (χ0n) is 11.2. The molecule has 0 aromatic heterocycles. The Morgan fingerprint density at radius 3 is 2.67 bits per heavy atom.